The van der Waals surface area contributed by atoms with Gasteiger partial charge in [0, 0.05) is 28.4 Å². The first-order valence-electron chi connectivity index (χ1n) is 13.2. The van der Waals surface area contributed by atoms with Crippen LogP contribution in [0.5, 0.6) is 0 Å². The molecule has 3 aromatic rings. The molecule has 0 saturated carbocycles. The summed E-state index contributed by atoms with van der Waals surface area (Å²) in [6, 6.07) is 21.0. The number of hydrogen-bond acceptors (Lipinski definition) is 3. The quantitative estimate of drug-likeness (QED) is 0.377. The Labute approximate surface area is 217 Å². The van der Waals surface area contributed by atoms with E-state index in [1.807, 2.05) is 11.3 Å². The van der Waals surface area contributed by atoms with Crippen LogP contribution >= 0.6 is 11.3 Å². The van der Waals surface area contributed by atoms with Crippen LogP contribution in [0.4, 0.5) is 0 Å². The molecule has 35 heavy (non-hydrogen) atoms. The highest BCUT2D eigenvalue weighted by molar-refractivity contribution is 7.16. The van der Waals surface area contributed by atoms with E-state index in [4.69, 9.17) is 0 Å². The van der Waals surface area contributed by atoms with Gasteiger partial charge in [-0.3, -0.25) is 0 Å². The van der Waals surface area contributed by atoms with E-state index >= 15 is 0 Å². The standard InChI is InChI=1S/C32H44N2S/c1-31(2,3)26-12-8-24(9-13-26)29-20-28(22-34(7)21-23-16-18-33-19-17-23)35-30(29)25-10-14-27(15-11-25)32(4,5)6/h8-15,20,23,33H,16-19,21-22H2,1-7H3. The van der Waals surface area contributed by atoms with Gasteiger partial charge in [0.25, 0.3) is 0 Å². The van der Waals surface area contributed by atoms with Crippen LogP contribution < -0.4 is 5.32 Å². The van der Waals surface area contributed by atoms with E-state index < -0.39 is 0 Å². The van der Waals surface area contributed by atoms with Crippen molar-refractivity contribution >= 4 is 11.3 Å². The number of rotatable bonds is 6. The van der Waals surface area contributed by atoms with Crippen molar-refractivity contribution in [2.75, 3.05) is 26.7 Å². The zero-order valence-corrected chi connectivity index (χ0v) is 23.7. The summed E-state index contributed by atoms with van der Waals surface area (Å²) in [4.78, 5) is 5.37. The summed E-state index contributed by atoms with van der Waals surface area (Å²) in [7, 11) is 2.29. The highest BCUT2D eigenvalue weighted by Gasteiger charge is 2.20. The molecule has 0 atom stereocenters. The predicted molar refractivity (Wildman–Crippen MR) is 155 cm³/mol. The minimum atomic E-state index is 0.168. The number of nitrogens with one attached hydrogen (secondary N) is 1. The molecule has 0 amide bonds. The third-order valence-electron chi connectivity index (χ3n) is 7.31. The molecule has 3 heteroatoms. The Balaban J connectivity index is 1.64. The molecule has 1 aliphatic heterocycles. The van der Waals surface area contributed by atoms with Crippen LogP contribution in [-0.2, 0) is 17.4 Å². The molecule has 0 bridgehead atoms. The third kappa shape index (κ3) is 6.64. The summed E-state index contributed by atoms with van der Waals surface area (Å²) in [5.74, 6) is 0.815. The Morgan fingerprint density at radius 2 is 1.31 bits per heavy atom. The second-order valence-electron chi connectivity index (χ2n) is 12.5. The fraction of sp³-hybridized carbons (Fsp3) is 0.500. The maximum atomic E-state index is 3.49. The number of nitrogens with zero attached hydrogens (tertiary/aromatic N) is 1. The molecular weight excluding hydrogens is 444 g/mol. The first kappa shape index (κ1) is 26.1. The zero-order valence-electron chi connectivity index (χ0n) is 22.9. The maximum absolute atomic E-state index is 3.49. The van der Waals surface area contributed by atoms with Gasteiger partial charge < -0.3 is 10.2 Å². The van der Waals surface area contributed by atoms with Gasteiger partial charge >= 0.3 is 0 Å². The zero-order chi connectivity index (χ0) is 25.2. The van der Waals surface area contributed by atoms with Gasteiger partial charge in [-0.1, -0.05) is 90.1 Å². The van der Waals surface area contributed by atoms with E-state index in [1.54, 1.807) is 0 Å². The van der Waals surface area contributed by atoms with Gasteiger partial charge in [-0.05, 0) is 78.0 Å². The van der Waals surface area contributed by atoms with Crippen molar-refractivity contribution in [2.24, 2.45) is 5.92 Å². The molecule has 0 aliphatic carbocycles. The first-order chi connectivity index (χ1) is 16.5. The van der Waals surface area contributed by atoms with Gasteiger partial charge in [-0.15, -0.1) is 11.3 Å². The molecule has 0 spiro atoms. The summed E-state index contributed by atoms with van der Waals surface area (Å²) in [6.45, 7) is 18.2. The van der Waals surface area contributed by atoms with Crippen molar-refractivity contribution in [3.63, 3.8) is 0 Å². The Hall–Kier alpha value is -1.94. The molecule has 4 rings (SSSR count). The van der Waals surface area contributed by atoms with E-state index in [0.29, 0.717) is 0 Å². The molecule has 1 N–H and O–H groups in total. The van der Waals surface area contributed by atoms with E-state index in [1.165, 1.54) is 70.0 Å². The summed E-state index contributed by atoms with van der Waals surface area (Å²) in [6.07, 6.45) is 2.59. The molecule has 2 nitrogen and oxygen atoms in total. The monoisotopic (exact) mass is 488 g/mol. The fourth-order valence-electron chi connectivity index (χ4n) is 5.06. The Morgan fingerprint density at radius 1 is 0.800 bits per heavy atom. The molecule has 0 unspecified atom stereocenters. The summed E-state index contributed by atoms with van der Waals surface area (Å²) < 4.78 is 0. The molecule has 1 aliphatic rings. The van der Waals surface area contributed by atoms with Crippen molar-refractivity contribution in [1.82, 2.24) is 10.2 Å². The topological polar surface area (TPSA) is 15.3 Å². The lowest BCUT2D eigenvalue weighted by Gasteiger charge is -2.27. The normalized spacial score (nSPS) is 15.7. The fourth-order valence-corrected chi connectivity index (χ4v) is 6.32. The van der Waals surface area contributed by atoms with Crippen molar-refractivity contribution in [1.29, 1.82) is 0 Å². The molecule has 2 aromatic carbocycles. The van der Waals surface area contributed by atoms with Gasteiger partial charge in [-0.2, -0.15) is 0 Å². The Morgan fingerprint density at radius 3 is 1.83 bits per heavy atom. The van der Waals surface area contributed by atoms with Gasteiger partial charge in [-0.25, -0.2) is 0 Å². The maximum Gasteiger partial charge on any atom is 0.0424 e. The highest BCUT2D eigenvalue weighted by atomic mass is 32.1. The minimum absolute atomic E-state index is 0.168. The summed E-state index contributed by atoms with van der Waals surface area (Å²) in [5.41, 5.74) is 7.11. The van der Waals surface area contributed by atoms with Gasteiger partial charge in [0.05, 0.1) is 0 Å². The minimum Gasteiger partial charge on any atom is -0.317 e. The van der Waals surface area contributed by atoms with Crippen molar-refractivity contribution < 1.29 is 0 Å². The average Bonchev–Trinajstić information content (AvgIpc) is 3.22. The Bertz CT molecular complexity index is 1010. The van der Waals surface area contributed by atoms with Crippen LogP contribution in [0.3, 0.4) is 0 Å². The van der Waals surface area contributed by atoms with Crippen LogP contribution in [0.25, 0.3) is 21.6 Å². The van der Waals surface area contributed by atoms with Crippen molar-refractivity contribution in [3.8, 4) is 21.6 Å². The summed E-state index contributed by atoms with van der Waals surface area (Å²) in [5, 5.41) is 3.49. The number of piperidine rings is 1. The number of thiophene rings is 1. The second kappa shape index (κ2) is 10.6. The van der Waals surface area contributed by atoms with Crippen molar-refractivity contribution in [2.45, 2.75) is 71.8 Å². The smallest absolute Gasteiger partial charge is 0.0424 e. The van der Waals surface area contributed by atoms with Crippen molar-refractivity contribution in [3.05, 3.63) is 70.6 Å². The lowest BCUT2D eigenvalue weighted by atomic mass is 9.85. The number of hydrogen-bond donors (Lipinski definition) is 1. The third-order valence-corrected chi connectivity index (χ3v) is 8.48. The van der Waals surface area contributed by atoms with Crippen LogP contribution in [0.1, 0.15) is 70.4 Å². The average molecular weight is 489 g/mol. The van der Waals surface area contributed by atoms with Crippen LogP contribution in [-0.4, -0.2) is 31.6 Å². The lowest BCUT2D eigenvalue weighted by Crippen LogP contribution is -2.34. The molecule has 1 aromatic heterocycles. The van der Waals surface area contributed by atoms with E-state index in [-0.39, 0.29) is 10.8 Å². The Kier molecular flexibility index (Phi) is 7.90. The summed E-state index contributed by atoms with van der Waals surface area (Å²) >= 11 is 1.97. The highest BCUT2D eigenvalue weighted by Crippen LogP contribution is 2.41. The molecule has 2 heterocycles. The molecular formula is C32H44N2S. The van der Waals surface area contributed by atoms with Crippen LogP contribution in [0.2, 0.25) is 0 Å². The molecule has 188 valence electrons. The first-order valence-corrected chi connectivity index (χ1v) is 14.1. The van der Waals surface area contributed by atoms with E-state index in [9.17, 15) is 0 Å². The SMILES string of the molecule is CN(Cc1cc(-c2ccc(C(C)(C)C)cc2)c(-c2ccc(C(C)(C)C)cc2)s1)CC1CCNCC1. The molecule has 1 saturated heterocycles. The molecule has 0 radical (unpaired) electrons. The number of benzene rings is 2. The lowest BCUT2D eigenvalue weighted by molar-refractivity contribution is 0.236. The van der Waals surface area contributed by atoms with E-state index in [0.717, 1.165) is 12.5 Å². The largest absolute Gasteiger partial charge is 0.317 e. The molecule has 1 fully saturated rings. The van der Waals surface area contributed by atoms with Gasteiger partial charge in [0.2, 0.25) is 0 Å². The van der Waals surface area contributed by atoms with E-state index in [2.05, 4.69) is 113 Å². The van der Waals surface area contributed by atoms with Crippen LogP contribution in [0.15, 0.2) is 54.6 Å². The van der Waals surface area contributed by atoms with Gasteiger partial charge in [0.1, 0.15) is 0 Å². The predicted octanol–water partition coefficient (Wildman–Crippen LogP) is 8.11. The van der Waals surface area contributed by atoms with Crippen LogP contribution in [0, 0.1) is 5.92 Å². The van der Waals surface area contributed by atoms with Gasteiger partial charge in [0.15, 0.2) is 0 Å². The second-order valence-corrected chi connectivity index (χ2v) is 13.6.